The Labute approximate surface area is 199 Å². The minimum atomic E-state index is -0.384. The first-order valence-electron chi connectivity index (χ1n) is 11.0. The van der Waals surface area contributed by atoms with Crippen molar-refractivity contribution in [2.24, 2.45) is 0 Å². The van der Waals surface area contributed by atoms with Crippen molar-refractivity contribution in [1.82, 2.24) is 29.5 Å². The summed E-state index contributed by atoms with van der Waals surface area (Å²) in [6.45, 7) is 7.11. The smallest absolute Gasteiger partial charge is 0.350 e. The van der Waals surface area contributed by atoms with Crippen LogP contribution in [0.25, 0.3) is 11.2 Å². The van der Waals surface area contributed by atoms with Gasteiger partial charge < -0.3 is 18.9 Å². The molecule has 1 fully saturated rings. The highest BCUT2D eigenvalue weighted by Gasteiger charge is 2.22. The Morgan fingerprint density at radius 3 is 2.88 bits per heavy atom. The van der Waals surface area contributed by atoms with Crippen molar-refractivity contribution in [2.75, 3.05) is 43.1 Å². The van der Waals surface area contributed by atoms with E-state index in [2.05, 4.69) is 25.2 Å². The molecule has 0 amide bonds. The fourth-order valence-electron chi connectivity index (χ4n) is 3.72. The van der Waals surface area contributed by atoms with E-state index in [1.807, 2.05) is 22.9 Å². The highest BCUT2D eigenvalue weighted by atomic mass is 32.1. The Kier molecular flexibility index (Phi) is 6.32. The van der Waals surface area contributed by atoms with Crippen molar-refractivity contribution >= 4 is 45.4 Å². The maximum Gasteiger partial charge on any atom is 0.350 e. The van der Waals surface area contributed by atoms with Crippen LogP contribution in [-0.4, -0.2) is 68.4 Å². The van der Waals surface area contributed by atoms with E-state index in [1.54, 1.807) is 26.4 Å². The molecule has 176 valence electrons. The van der Waals surface area contributed by atoms with Gasteiger partial charge in [0.05, 0.1) is 38.4 Å². The second kappa shape index (κ2) is 9.69. The molecule has 5 heterocycles. The fourth-order valence-corrected chi connectivity index (χ4v) is 4.57. The van der Waals surface area contributed by atoms with E-state index in [0.29, 0.717) is 66.8 Å². The SMILES string of the molecule is CCOC(=O)c1sc(Nc2nc(N3CCOCC3)c3ncn(Cc4cccnc4)c3n2)nc1C. The van der Waals surface area contributed by atoms with Crippen LogP contribution in [0.2, 0.25) is 0 Å². The first-order chi connectivity index (χ1) is 16.6. The van der Waals surface area contributed by atoms with Crippen LogP contribution < -0.4 is 10.2 Å². The maximum absolute atomic E-state index is 12.2. The largest absolute Gasteiger partial charge is 0.462 e. The molecule has 4 aromatic heterocycles. The lowest BCUT2D eigenvalue weighted by molar-refractivity contribution is 0.0531. The average Bonchev–Trinajstić information content (AvgIpc) is 3.43. The minimum Gasteiger partial charge on any atom is -0.462 e. The van der Waals surface area contributed by atoms with Crippen molar-refractivity contribution in [3.05, 3.63) is 47.0 Å². The normalized spacial score (nSPS) is 13.9. The quantitative estimate of drug-likeness (QED) is 0.395. The Hall–Kier alpha value is -3.64. The summed E-state index contributed by atoms with van der Waals surface area (Å²) in [5.74, 6) is 0.733. The third kappa shape index (κ3) is 4.54. The number of carbonyl (C=O) groups excluding carboxylic acids is 1. The standard InChI is InChI=1S/C22H24N8O3S/c1-3-33-20(31)17-14(2)25-22(34-17)28-21-26-18(29-7-9-32-10-8-29)16-19(27-21)30(13-24-16)12-15-5-4-6-23-11-15/h4-6,11,13H,3,7-10,12H2,1-2H3,(H,25,26,27,28). The van der Waals surface area contributed by atoms with E-state index in [-0.39, 0.29) is 5.97 Å². The van der Waals surface area contributed by atoms with Crippen LogP contribution in [0.3, 0.4) is 0 Å². The van der Waals surface area contributed by atoms with Crippen LogP contribution in [0.1, 0.15) is 27.9 Å². The first-order valence-corrected chi connectivity index (χ1v) is 11.8. The van der Waals surface area contributed by atoms with Crippen LogP contribution in [0.5, 0.6) is 0 Å². The molecule has 4 aromatic rings. The first kappa shape index (κ1) is 22.2. The van der Waals surface area contributed by atoms with Gasteiger partial charge in [0.2, 0.25) is 5.95 Å². The molecule has 0 unspecified atom stereocenters. The molecule has 5 rings (SSSR count). The summed E-state index contributed by atoms with van der Waals surface area (Å²) >= 11 is 1.22. The van der Waals surface area contributed by atoms with Crippen molar-refractivity contribution in [3.63, 3.8) is 0 Å². The number of fused-ring (bicyclic) bond motifs is 1. The van der Waals surface area contributed by atoms with E-state index < -0.39 is 0 Å². The summed E-state index contributed by atoms with van der Waals surface area (Å²) in [7, 11) is 0. The zero-order chi connectivity index (χ0) is 23.5. The number of carbonyl (C=O) groups is 1. The zero-order valence-corrected chi connectivity index (χ0v) is 19.7. The number of anilines is 3. The summed E-state index contributed by atoms with van der Waals surface area (Å²) in [5.41, 5.74) is 3.06. The molecular formula is C22H24N8O3S. The lowest BCUT2D eigenvalue weighted by Gasteiger charge is -2.28. The van der Waals surface area contributed by atoms with Crippen LogP contribution in [0.4, 0.5) is 16.9 Å². The Morgan fingerprint density at radius 2 is 2.12 bits per heavy atom. The second-order valence-corrected chi connectivity index (χ2v) is 8.65. The van der Waals surface area contributed by atoms with Gasteiger partial charge in [0.15, 0.2) is 22.1 Å². The highest BCUT2D eigenvalue weighted by Crippen LogP contribution is 2.29. The molecule has 0 saturated carbocycles. The number of aromatic nitrogens is 6. The number of hydrogen-bond donors (Lipinski definition) is 1. The number of nitrogens with one attached hydrogen (secondary N) is 1. The monoisotopic (exact) mass is 480 g/mol. The molecular weight excluding hydrogens is 456 g/mol. The number of thiazole rings is 1. The number of nitrogens with zero attached hydrogens (tertiary/aromatic N) is 7. The number of rotatable bonds is 7. The van der Waals surface area contributed by atoms with Gasteiger partial charge in [-0.1, -0.05) is 17.4 Å². The number of morpholine rings is 1. The molecule has 0 bridgehead atoms. The molecule has 1 saturated heterocycles. The third-order valence-electron chi connectivity index (χ3n) is 5.31. The van der Waals surface area contributed by atoms with Crippen molar-refractivity contribution in [2.45, 2.75) is 20.4 Å². The van der Waals surface area contributed by atoms with Gasteiger partial charge in [0.25, 0.3) is 0 Å². The predicted octanol–water partition coefficient (Wildman–Crippen LogP) is 2.79. The molecule has 0 atom stereocenters. The number of hydrogen-bond acceptors (Lipinski definition) is 11. The van der Waals surface area contributed by atoms with Gasteiger partial charge in [-0.15, -0.1) is 0 Å². The summed E-state index contributed by atoms with van der Waals surface area (Å²) in [6.07, 6.45) is 5.34. The number of aryl methyl sites for hydroxylation is 1. The molecule has 0 aromatic carbocycles. The molecule has 0 aliphatic carbocycles. The fraction of sp³-hybridized carbons (Fsp3) is 0.364. The van der Waals surface area contributed by atoms with E-state index in [0.717, 1.165) is 16.9 Å². The zero-order valence-electron chi connectivity index (χ0n) is 18.9. The molecule has 34 heavy (non-hydrogen) atoms. The molecule has 1 aliphatic rings. The van der Waals surface area contributed by atoms with Gasteiger partial charge >= 0.3 is 5.97 Å². The highest BCUT2D eigenvalue weighted by molar-refractivity contribution is 7.17. The molecule has 0 radical (unpaired) electrons. The van der Waals surface area contributed by atoms with Crippen LogP contribution >= 0.6 is 11.3 Å². The van der Waals surface area contributed by atoms with Crippen molar-refractivity contribution in [3.8, 4) is 0 Å². The maximum atomic E-state index is 12.2. The van der Waals surface area contributed by atoms with Gasteiger partial charge in [0, 0.05) is 25.5 Å². The molecule has 0 spiro atoms. The topological polar surface area (TPSA) is 120 Å². The lowest BCUT2D eigenvalue weighted by atomic mass is 10.3. The number of imidazole rings is 1. The lowest BCUT2D eigenvalue weighted by Crippen LogP contribution is -2.37. The van der Waals surface area contributed by atoms with E-state index in [4.69, 9.17) is 19.4 Å². The Balaban J connectivity index is 1.52. The van der Waals surface area contributed by atoms with Crippen LogP contribution in [-0.2, 0) is 16.0 Å². The summed E-state index contributed by atoms with van der Waals surface area (Å²) < 4.78 is 12.6. The van der Waals surface area contributed by atoms with Crippen molar-refractivity contribution < 1.29 is 14.3 Å². The summed E-state index contributed by atoms with van der Waals surface area (Å²) in [6, 6.07) is 3.92. The van der Waals surface area contributed by atoms with Gasteiger partial charge in [-0.25, -0.2) is 14.8 Å². The number of pyridine rings is 1. The molecule has 11 nitrogen and oxygen atoms in total. The van der Waals surface area contributed by atoms with E-state index in [1.165, 1.54) is 11.3 Å². The van der Waals surface area contributed by atoms with Gasteiger partial charge in [-0.3, -0.25) is 10.3 Å². The molecule has 1 aliphatic heterocycles. The van der Waals surface area contributed by atoms with Gasteiger partial charge in [-0.2, -0.15) is 9.97 Å². The molecule has 1 N–H and O–H groups in total. The van der Waals surface area contributed by atoms with Gasteiger partial charge in [0.1, 0.15) is 4.88 Å². The van der Waals surface area contributed by atoms with Crippen LogP contribution in [0, 0.1) is 6.92 Å². The number of esters is 1. The Morgan fingerprint density at radius 1 is 1.26 bits per heavy atom. The minimum absolute atomic E-state index is 0.308. The van der Waals surface area contributed by atoms with E-state index in [9.17, 15) is 4.79 Å². The van der Waals surface area contributed by atoms with Crippen LogP contribution in [0.15, 0.2) is 30.9 Å². The predicted molar refractivity (Wildman–Crippen MR) is 128 cm³/mol. The Bertz CT molecular complexity index is 1300. The summed E-state index contributed by atoms with van der Waals surface area (Å²) in [4.78, 5) is 37.6. The molecule has 12 heteroatoms. The second-order valence-electron chi connectivity index (χ2n) is 7.66. The van der Waals surface area contributed by atoms with Gasteiger partial charge in [-0.05, 0) is 25.5 Å². The van der Waals surface area contributed by atoms with E-state index >= 15 is 0 Å². The summed E-state index contributed by atoms with van der Waals surface area (Å²) in [5, 5.41) is 3.70. The third-order valence-corrected chi connectivity index (χ3v) is 6.36. The average molecular weight is 481 g/mol. The number of ether oxygens (including phenoxy) is 2. The van der Waals surface area contributed by atoms with Crippen molar-refractivity contribution in [1.29, 1.82) is 0 Å².